The average molecular weight is 217 g/mol. The van der Waals surface area contributed by atoms with Crippen molar-refractivity contribution in [2.24, 2.45) is 0 Å². The minimum atomic E-state index is -0.442. The van der Waals surface area contributed by atoms with Crippen LogP contribution in [0.25, 0.3) is 11.1 Å². The molecule has 0 saturated heterocycles. The second-order valence-corrected chi connectivity index (χ2v) is 3.43. The second kappa shape index (κ2) is 4.18. The number of carbonyl (C=O) groups excluding carboxylic acids is 1. The number of carbonyl (C=O) groups is 1. The zero-order valence-corrected chi connectivity index (χ0v) is 8.90. The number of rotatable bonds is 3. The molecule has 4 nitrogen and oxygen atoms in total. The van der Waals surface area contributed by atoms with E-state index in [1.807, 2.05) is 24.3 Å². The topological polar surface area (TPSA) is 52.3 Å². The van der Waals surface area contributed by atoms with E-state index in [1.165, 1.54) is 0 Å². The molecule has 0 fully saturated rings. The Hall–Kier alpha value is -2.10. The molecule has 4 heteroatoms. The number of ether oxygens (including phenoxy) is 1. The summed E-state index contributed by atoms with van der Waals surface area (Å²) < 4.78 is 10.3. The molecule has 1 aromatic carbocycles. The predicted molar refractivity (Wildman–Crippen MR) is 58.6 cm³/mol. The lowest BCUT2D eigenvalue weighted by Gasteiger charge is -1.99. The number of benzene rings is 1. The van der Waals surface area contributed by atoms with E-state index in [0.717, 1.165) is 5.52 Å². The van der Waals surface area contributed by atoms with E-state index < -0.39 is 5.97 Å². The number of esters is 1. The van der Waals surface area contributed by atoms with Crippen LogP contribution in [0.2, 0.25) is 0 Å². The minimum Gasteiger partial charge on any atom is -0.452 e. The van der Waals surface area contributed by atoms with Gasteiger partial charge in [0.2, 0.25) is 5.89 Å². The van der Waals surface area contributed by atoms with Gasteiger partial charge in [-0.15, -0.1) is 0 Å². The number of hydrogen-bond acceptors (Lipinski definition) is 4. The van der Waals surface area contributed by atoms with Crippen molar-refractivity contribution >= 4 is 17.1 Å². The molecule has 0 aliphatic heterocycles. The molecule has 0 unspecified atom stereocenters. The third-order valence-corrected chi connectivity index (χ3v) is 2.01. The molecule has 82 valence electrons. The van der Waals surface area contributed by atoms with Gasteiger partial charge < -0.3 is 9.15 Å². The Labute approximate surface area is 92.5 Å². The maximum absolute atomic E-state index is 11.1. The SMILES string of the molecule is C=C(C)C(=O)OCc1nc2ccccc2o1. The van der Waals surface area contributed by atoms with Gasteiger partial charge in [0.1, 0.15) is 5.52 Å². The van der Waals surface area contributed by atoms with Gasteiger partial charge in [0.25, 0.3) is 0 Å². The summed E-state index contributed by atoms with van der Waals surface area (Å²) in [5.74, 6) is -0.0574. The van der Waals surface area contributed by atoms with Crippen molar-refractivity contribution < 1.29 is 13.9 Å². The van der Waals surface area contributed by atoms with E-state index >= 15 is 0 Å². The van der Waals surface area contributed by atoms with Gasteiger partial charge in [0.05, 0.1) is 0 Å². The summed E-state index contributed by atoms with van der Waals surface area (Å²) in [6.45, 7) is 5.10. The van der Waals surface area contributed by atoms with Crippen LogP contribution >= 0.6 is 0 Å². The molecule has 0 radical (unpaired) electrons. The van der Waals surface area contributed by atoms with Crippen LogP contribution in [0, 0.1) is 0 Å². The van der Waals surface area contributed by atoms with Gasteiger partial charge in [-0.1, -0.05) is 18.7 Å². The number of hydrogen-bond donors (Lipinski definition) is 0. The quantitative estimate of drug-likeness (QED) is 0.585. The maximum Gasteiger partial charge on any atom is 0.333 e. The first-order valence-electron chi connectivity index (χ1n) is 4.84. The maximum atomic E-state index is 11.1. The van der Waals surface area contributed by atoms with Crippen LogP contribution in [0.1, 0.15) is 12.8 Å². The number of aromatic nitrogens is 1. The molecular formula is C12H11NO3. The van der Waals surface area contributed by atoms with Gasteiger partial charge in [0, 0.05) is 5.57 Å². The highest BCUT2D eigenvalue weighted by atomic mass is 16.5. The fourth-order valence-electron chi connectivity index (χ4n) is 1.23. The third-order valence-electron chi connectivity index (χ3n) is 2.01. The molecular weight excluding hydrogens is 206 g/mol. The van der Waals surface area contributed by atoms with Crippen LogP contribution < -0.4 is 0 Å². The fraction of sp³-hybridized carbons (Fsp3) is 0.167. The van der Waals surface area contributed by atoms with Gasteiger partial charge in [-0.05, 0) is 19.1 Å². The molecule has 0 amide bonds. The molecule has 1 aromatic heterocycles. The Kier molecular flexibility index (Phi) is 2.72. The Bertz CT molecular complexity index is 509. The lowest BCUT2D eigenvalue weighted by molar-refractivity contribution is -0.140. The van der Waals surface area contributed by atoms with Crippen molar-refractivity contribution in [2.75, 3.05) is 0 Å². The Morgan fingerprint density at radius 3 is 2.94 bits per heavy atom. The first kappa shape index (κ1) is 10.4. The van der Waals surface area contributed by atoms with Gasteiger partial charge in [0.15, 0.2) is 12.2 Å². The first-order chi connectivity index (χ1) is 7.66. The van der Waals surface area contributed by atoms with Crippen molar-refractivity contribution in [1.82, 2.24) is 4.98 Å². The monoisotopic (exact) mass is 217 g/mol. The van der Waals surface area contributed by atoms with Gasteiger partial charge in [-0.3, -0.25) is 0 Å². The van der Waals surface area contributed by atoms with Crippen LogP contribution in [0.15, 0.2) is 40.8 Å². The van der Waals surface area contributed by atoms with Gasteiger partial charge in [-0.2, -0.15) is 0 Å². The van der Waals surface area contributed by atoms with Crippen LogP contribution in [0.5, 0.6) is 0 Å². The van der Waals surface area contributed by atoms with Crippen molar-refractivity contribution in [3.63, 3.8) is 0 Å². The van der Waals surface area contributed by atoms with E-state index in [-0.39, 0.29) is 6.61 Å². The molecule has 1 heterocycles. The van der Waals surface area contributed by atoms with E-state index in [0.29, 0.717) is 17.0 Å². The summed E-state index contributed by atoms with van der Waals surface area (Å²) in [6, 6.07) is 7.38. The Balaban J connectivity index is 2.10. The zero-order chi connectivity index (χ0) is 11.5. The van der Waals surface area contributed by atoms with Gasteiger partial charge >= 0.3 is 5.97 Å². The third kappa shape index (κ3) is 2.11. The average Bonchev–Trinajstić information content (AvgIpc) is 2.68. The summed E-state index contributed by atoms with van der Waals surface area (Å²) in [4.78, 5) is 15.3. The van der Waals surface area contributed by atoms with Crippen molar-refractivity contribution in [1.29, 1.82) is 0 Å². The van der Waals surface area contributed by atoms with Crippen LogP contribution in [0.3, 0.4) is 0 Å². The van der Waals surface area contributed by atoms with E-state index in [4.69, 9.17) is 9.15 Å². The molecule has 0 aliphatic rings. The summed E-state index contributed by atoms with van der Waals surface area (Å²) in [5, 5.41) is 0. The summed E-state index contributed by atoms with van der Waals surface area (Å²) in [6.07, 6.45) is 0. The van der Waals surface area contributed by atoms with E-state index in [2.05, 4.69) is 11.6 Å². The summed E-state index contributed by atoms with van der Waals surface area (Å²) in [5.41, 5.74) is 1.80. The zero-order valence-electron chi connectivity index (χ0n) is 8.90. The highest BCUT2D eigenvalue weighted by molar-refractivity contribution is 5.86. The molecule has 16 heavy (non-hydrogen) atoms. The number of para-hydroxylation sites is 2. The molecule has 2 rings (SSSR count). The number of oxazole rings is 1. The Morgan fingerprint density at radius 2 is 2.25 bits per heavy atom. The standard InChI is InChI=1S/C12H11NO3/c1-8(2)12(14)15-7-11-13-9-5-3-4-6-10(9)16-11/h3-6H,1,7H2,2H3. The van der Waals surface area contributed by atoms with E-state index in [9.17, 15) is 4.79 Å². The molecule has 0 aliphatic carbocycles. The smallest absolute Gasteiger partial charge is 0.333 e. The number of fused-ring (bicyclic) bond motifs is 1. The van der Waals surface area contributed by atoms with E-state index in [1.54, 1.807) is 6.92 Å². The summed E-state index contributed by atoms with van der Waals surface area (Å²) in [7, 11) is 0. The Morgan fingerprint density at radius 1 is 1.50 bits per heavy atom. The second-order valence-electron chi connectivity index (χ2n) is 3.43. The number of nitrogens with zero attached hydrogens (tertiary/aromatic N) is 1. The van der Waals surface area contributed by atoms with Crippen LogP contribution in [-0.2, 0) is 16.1 Å². The summed E-state index contributed by atoms with van der Waals surface area (Å²) >= 11 is 0. The van der Waals surface area contributed by atoms with Crippen molar-refractivity contribution in [3.05, 3.63) is 42.3 Å². The van der Waals surface area contributed by atoms with Crippen LogP contribution in [0.4, 0.5) is 0 Å². The normalized spacial score (nSPS) is 10.3. The largest absolute Gasteiger partial charge is 0.452 e. The van der Waals surface area contributed by atoms with Crippen LogP contribution in [-0.4, -0.2) is 11.0 Å². The lowest BCUT2D eigenvalue weighted by atomic mass is 10.3. The predicted octanol–water partition coefficient (Wildman–Crippen LogP) is 2.45. The molecule has 0 N–H and O–H groups in total. The molecule has 0 bridgehead atoms. The molecule has 0 spiro atoms. The first-order valence-corrected chi connectivity index (χ1v) is 4.84. The molecule has 0 atom stereocenters. The fourth-order valence-corrected chi connectivity index (χ4v) is 1.23. The van der Waals surface area contributed by atoms with Crippen molar-refractivity contribution in [3.8, 4) is 0 Å². The lowest BCUT2D eigenvalue weighted by Crippen LogP contribution is -2.04. The highest BCUT2D eigenvalue weighted by Crippen LogP contribution is 2.15. The van der Waals surface area contributed by atoms with Crippen molar-refractivity contribution in [2.45, 2.75) is 13.5 Å². The van der Waals surface area contributed by atoms with Gasteiger partial charge in [-0.25, -0.2) is 9.78 Å². The highest BCUT2D eigenvalue weighted by Gasteiger charge is 2.08. The molecule has 2 aromatic rings. The molecule has 0 saturated carbocycles. The minimum absolute atomic E-state index is 0.0281.